The van der Waals surface area contributed by atoms with Crippen LogP contribution in [0.25, 0.3) is 0 Å². The summed E-state index contributed by atoms with van der Waals surface area (Å²) in [6, 6.07) is 12.2. The normalized spacial score (nSPS) is 11.5. The lowest BCUT2D eigenvalue weighted by Crippen LogP contribution is -2.21. The largest absolute Gasteiger partial charge is 0.416 e. The van der Waals surface area contributed by atoms with E-state index in [1.165, 1.54) is 36.4 Å². The first-order valence-electron chi connectivity index (χ1n) is 9.51. The predicted molar refractivity (Wildman–Crippen MR) is 115 cm³/mol. The van der Waals surface area contributed by atoms with Gasteiger partial charge in [0.15, 0.2) is 0 Å². The fourth-order valence-corrected chi connectivity index (χ4v) is 2.81. The van der Waals surface area contributed by atoms with E-state index >= 15 is 0 Å². The van der Waals surface area contributed by atoms with Gasteiger partial charge in [0.1, 0.15) is 0 Å². The molecule has 0 aliphatic rings. The van der Waals surface area contributed by atoms with Gasteiger partial charge in [0.2, 0.25) is 0 Å². The molecule has 34 heavy (non-hydrogen) atoms. The number of rotatable bonds is 4. The average molecular weight is 482 g/mol. The molecule has 3 aromatic carbocycles. The van der Waals surface area contributed by atoms with Crippen LogP contribution in [0.5, 0.6) is 0 Å². The van der Waals surface area contributed by atoms with Crippen LogP contribution in [0.1, 0.15) is 11.1 Å². The van der Waals surface area contributed by atoms with Crippen molar-refractivity contribution in [2.45, 2.75) is 12.4 Å². The summed E-state index contributed by atoms with van der Waals surface area (Å²) in [4.78, 5) is 24.3. The number of hydrogen-bond acceptors (Lipinski definition) is 2. The number of urea groups is 2. The molecule has 0 spiro atoms. The monoisotopic (exact) mass is 482 g/mol. The summed E-state index contributed by atoms with van der Waals surface area (Å²) in [7, 11) is 0. The van der Waals surface area contributed by atoms with E-state index in [1.807, 2.05) is 0 Å². The Bertz CT molecular complexity index is 1110. The lowest BCUT2D eigenvalue weighted by molar-refractivity contribution is -0.138. The Morgan fingerprint density at radius 1 is 0.500 bits per heavy atom. The molecule has 0 aliphatic heterocycles. The molecule has 0 bridgehead atoms. The second-order valence-corrected chi connectivity index (χ2v) is 6.90. The molecule has 0 radical (unpaired) electrons. The number of amides is 4. The van der Waals surface area contributed by atoms with Gasteiger partial charge < -0.3 is 21.3 Å². The summed E-state index contributed by atoms with van der Waals surface area (Å²) >= 11 is 0. The van der Waals surface area contributed by atoms with Crippen molar-refractivity contribution in [3.8, 4) is 0 Å². The van der Waals surface area contributed by atoms with E-state index in [9.17, 15) is 35.9 Å². The van der Waals surface area contributed by atoms with E-state index in [-0.39, 0.29) is 22.7 Å². The Labute approximate surface area is 189 Å². The third-order valence-corrected chi connectivity index (χ3v) is 4.27. The molecule has 12 heteroatoms. The van der Waals surface area contributed by atoms with Gasteiger partial charge in [-0.3, -0.25) is 0 Å². The molecule has 0 aromatic heterocycles. The van der Waals surface area contributed by atoms with Crippen molar-refractivity contribution >= 4 is 34.8 Å². The molecule has 6 nitrogen and oxygen atoms in total. The molecule has 0 fully saturated rings. The summed E-state index contributed by atoms with van der Waals surface area (Å²) in [5.41, 5.74) is -1.63. The van der Waals surface area contributed by atoms with E-state index < -0.39 is 35.5 Å². The summed E-state index contributed by atoms with van der Waals surface area (Å²) in [5, 5.41) is 9.36. The minimum atomic E-state index is -4.57. The lowest BCUT2D eigenvalue weighted by Gasteiger charge is -2.12. The smallest absolute Gasteiger partial charge is 0.308 e. The van der Waals surface area contributed by atoms with Crippen molar-refractivity contribution in [2.24, 2.45) is 0 Å². The molecule has 3 aromatic rings. The van der Waals surface area contributed by atoms with Gasteiger partial charge in [0.05, 0.1) is 11.1 Å². The molecule has 4 amide bonds. The van der Waals surface area contributed by atoms with Crippen LogP contribution in [0.3, 0.4) is 0 Å². The number of carbonyl (C=O) groups is 2. The minimum absolute atomic E-state index is 0.0814. The number of hydrogen-bond donors (Lipinski definition) is 4. The van der Waals surface area contributed by atoms with Crippen LogP contribution in [-0.4, -0.2) is 12.1 Å². The molecule has 178 valence electrons. The van der Waals surface area contributed by atoms with Crippen molar-refractivity contribution in [1.82, 2.24) is 0 Å². The first-order valence-corrected chi connectivity index (χ1v) is 9.51. The molecule has 0 heterocycles. The predicted octanol–water partition coefficient (Wildman–Crippen LogP) is 7.01. The summed E-state index contributed by atoms with van der Waals surface area (Å²) in [6.45, 7) is 0. The fourth-order valence-electron chi connectivity index (χ4n) is 2.81. The van der Waals surface area contributed by atoms with E-state index in [1.54, 1.807) is 0 Å². The van der Waals surface area contributed by atoms with Gasteiger partial charge >= 0.3 is 24.4 Å². The standard InChI is InChI=1S/C22H16F6N4O2/c23-21(24,25)13-4-1-6-15(10-13)29-19(33)31-17-8-3-9-18(12-17)32-20(34)30-16-7-2-5-14(11-16)22(26,27)28/h1-12H,(H2,29,31,33)(H2,30,32,34). The van der Waals surface area contributed by atoms with Crippen LogP contribution in [-0.2, 0) is 12.4 Å². The highest BCUT2D eigenvalue weighted by atomic mass is 19.4. The number of anilines is 4. The first-order chi connectivity index (χ1) is 15.9. The summed E-state index contributed by atoms with van der Waals surface area (Å²) in [6.07, 6.45) is -9.13. The first kappa shape index (κ1) is 24.4. The maximum absolute atomic E-state index is 12.8. The van der Waals surface area contributed by atoms with Crippen LogP contribution in [0.15, 0.2) is 72.8 Å². The van der Waals surface area contributed by atoms with Crippen LogP contribution >= 0.6 is 0 Å². The molecule has 0 saturated heterocycles. The zero-order chi connectivity index (χ0) is 24.9. The topological polar surface area (TPSA) is 82.3 Å². The number of nitrogens with one attached hydrogen (secondary N) is 4. The minimum Gasteiger partial charge on any atom is -0.308 e. The molecule has 0 aliphatic carbocycles. The van der Waals surface area contributed by atoms with Crippen molar-refractivity contribution in [2.75, 3.05) is 21.3 Å². The van der Waals surface area contributed by atoms with Crippen molar-refractivity contribution in [3.05, 3.63) is 83.9 Å². The van der Waals surface area contributed by atoms with E-state index in [2.05, 4.69) is 21.3 Å². The third kappa shape index (κ3) is 6.89. The Balaban J connectivity index is 1.61. The molecule has 0 saturated carbocycles. The summed E-state index contributed by atoms with van der Waals surface area (Å²) in [5.74, 6) is 0. The lowest BCUT2D eigenvalue weighted by atomic mass is 10.2. The van der Waals surface area contributed by atoms with E-state index in [4.69, 9.17) is 0 Å². The maximum atomic E-state index is 12.8. The van der Waals surface area contributed by atoms with E-state index in [0.29, 0.717) is 0 Å². The van der Waals surface area contributed by atoms with Crippen LogP contribution in [0.2, 0.25) is 0 Å². The zero-order valence-electron chi connectivity index (χ0n) is 17.0. The van der Waals surface area contributed by atoms with Crippen molar-refractivity contribution in [1.29, 1.82) is 0 Å². The van der Waals surface area contributed by atoms with Crippen LogP contribution < -0.4 is 21.3 Å². The number of carbonyl (C=O) groups excluding carboxylic acids is 2. The highest BCUT2D eigenvalue weighted by Gasteiger charge is 2.31. The number of benzene rings is 3. The van der Waals surface area contributed by atoms with Gasteiger partial charge in [-0.05, 0) is 54.6 Å². The van der Waals surface area contributed by atoms with Gasteiger partial charge in [0, 0.05) is 22.7 Å². The Kier molecular flexibility index (Phi) is 6.99. The zero-order valence-corrected chi connectivity index (χ0v) is 17.0. The van der Waals surface area contributed by atoms with Gasteiger partial charge in [-0.2, -0.15) is 26.3 Å². The van der Waals surface area contributed by atoms with E-state index in [0.717, 1.165) is 36.4 Å². The van der Waals surface area contributed by atoms with Gasteiger partial charge in [-0.25, -0.2) is 9.59 Å². The quantitative estimate of drug-likeness (QED) is 0.302. The maximum Gasteiger partial charge on any atom is 0.416 e. The average Bonchev–Trinajstić information content (AvgIpc) is 2.73. The second-order valence-electron chi connectivity index (χ2n) is 6.90. The second kappa shape index (κ2) is 9.73. The Morgan fingerprint density at radius 2 is 0.794 bits per heavy atom. The van der Waals surface area contributed by atoms with Crippen molar-refractivity contribution < 1.29 is 35.9 Å². The highest BCUT2D eigenvalue weighted by molar-refractivity contribution is 6.02. The van der Waals surface area contributed by atoms with Crippen LogP contribution in [0, 0.1) is 0 Å². The number of halogens is 6. The number of alkyl halides is 6. The Hall–Kier alpha value is -4.22. The van der Waals surface area contributed by atoms with Crippen LogP contribution in [0.4, 0.5) is 58.7 Å². The third-order valence-electron chi connectivity index (χ3n) is 4.27. The molecule has 4 N–H and O–H groups in total. The fraction of sp³-hybridized carbons (Fsp3) is 0.0909. The SMILES string of the molecule is O=C(Nc1cccc(NC(=O)Nc2cccc(C(F)(F)F)c2)c1)Nc1cccc(C(F)(F)F)c1. The molecular weight excluding hydrogens is 466 g/mol. The van der Waals surface area contributed by atoms with Gasteiger partial charge in [-0.1, -0.05) is 18.2 Å². The molecule has 0 unspecified atom stereocenters. The Morgan fingerprint density at radius 3 is 1.12 bits per heavy atom. The molecule has 0 atom stereocenters. The molecular formula is C22H16F6N4O2. The molecule has 3 rings (SSSR count). The van der Waals surface area contributed by atoms with Gasteiger partial charge in [-0.15, -0.1) is 0 Å². The summed E-state index contributed by atoms with van der Waals surface area (Å²) < 4.78 is 76.8. The highest BCUT2D eigenvalue weighted by Crippen LogP contribution is 2.31. The van der Waals surface area contributed by atoms with Crippen molar-refractivity contribution in [3.63, 3.8) is 0 Å². The van der Waals surface area contributed by atoms with Gasteiger partial charge in [0.25, 0.3) is 0 Å².